The Labute approximate surface area is 94.0 Å². The molecule has 1 aromatic rings. The first kappa shape index (κ1) is 12.6. The van der Waals surface area contributed by atoms with Crippen LogP contribution in [0.25, 0.3) is 0 Å². The molecule has 2 N–H and O–H groups in total. The molecule has 1 unspecified atom stereocenters. The topological polar surface area (TPSA) is 66.4 Å². The summed E-state index contributed by atoms with van der Waals surface area (Å²) in [6.07, 6.45) is 0. The first-order valence-electron chi connectivity index (χ1n) is 4.60. The standard InChI is InChI=1S/C9H15NO3S2/c1-7-3-4-9(14-7)5-10-15(12,13)8(2)6-11/h3-4,8,10-11H,5-6H2,1-2H3. The van der Waals surface area contributed by atoms with Gasteiger partial charge in [0, 0.05) is 16.3 Å². The van der Waals surface area contributed by atoms with Crippen LogP contribution < -0.4 is 4.72 Å². The van der Waals surface area contributed by atoms with Crippen molar-refractivity contribution in [2.75, 3.05) is 6.61 Å². The minimum absolute atomic E-state index is 0.297. The predicted octanol–water partition coefficient (Wildman–Crippen LogP) is 0.857. The van der Waals surface area contributed by atoms with Crippen LogP contribution in [0.2, 0.25) is 0 Å². The third-order valence-electron chi connectivity index (χ3n) is 2.03. The zero-order valence-corrected chi connectivity index (χ0v) is 10.4. The van der Waals surface area contributed by atoms with Crippen LogP contribution in [0.3, 0.4) is 0 Å². The zero-order chi connectivity index (χ0) is 11.5. The molecule has 4 nitrogen and oxygen atoms in total. The summed E-state index contributed by atoms with van der Waals surface area (Å²) in [5.74, 6) is 0. The smallest absolute Gasteiger partial charge is 0.216 e. The van der Waals surface area contributed by atoms with Gasteiger partial charge >= 0.3 is 0 Å². The Kier molecular flexibility index (Phi) is 4.27. The van der Waals surface area contributed by atoms with Crippen LogP contribution >= 0.6 is 11.3 Å². The van der Waals surface area contributed by atoms with E-state index in [0.717, 1.165) is 9.75 Å². The minimum atomic E-state index is -3.39. The molecule has 0 aromatic carbocycles. The number of aryl methyl sites for hydroxylation is 1. The van der Waals surface area contributed by atoms with E-state index >= 15 is 0 Å². The van der Waals surface area contributed by atoms with Gasteiger partial charge in [0.05, 0.1) is 11.9 Å². The molecule has 0 aliphatic carbocycles. The Morgan fingerprint density at radius 2 is 2.20 bits per heavy atom. The summed E-state index contributed by atoms with van der Waals surface area (Å²) >= 11 is 1.56. The molecule has 1 atom stereocenters. The Bertz CT molecular complexity index is 411. The number of sulfonamides is 1. The van der Waals surface area contributed by atoms with Crippen molar-refractivity contribution < 1.29 is 13.5 Å². The number of hydrogen-bond acceptors (Lipinski definition) is 4. The highest BCUT2D eigenvalue weighted by Gasteiger charge is 2.19. The summed E-state index contributed by atoms with van der Waals surface area (Å²) in [5, 5.41) is 7.99. The molecule has 0 bridgehead atoms. The van der Waals surface area contributed by atoms with E-state index in [1.807, 2.05) is 19.1 Å². The fourth-order valence-electron chi connectivity index (χ4n) is 0.992. The van der Waals surface area contributed by atoms with Gasteiger partial charge in [-0.1, -0.05) is 0 Å². The first-order valence-corrected chi connectivity index (χ1v) is 6.96. The van der Waals surface area contributed by atoms with Gasteiger partial charge in [0.2, 0.25) is 10.0 Å². The molecule has 0 aliphatic heterocycles. The third kappa shape index (κ3) is 3.57. The minimum Gasteiger partial charge on any atom is -0.395 e. The fourth-order valence-corrected chi connectivity index (χ4v) is 2.75. The molecule has 1 aromatic heterocycles. The van der Waals surface area contributed by atoms with Crippen LogP contribution in [0, 0.1) is 6.92 Å². The molecule has 0 saturated heterocycles. The zero-order valence-electron chi connectivity index (χ0n) is 8.73. The molecular formula is C9H15NO3S2. The second-order valence-corrected chi connectivity index (χ2v) is 6.93. The van der Waals surface area contributed by atoms with Crippen molar-refractivity contribution in [3.05, 3.63) is 21.9 Å². The maximum Gasteiger partial charge on any atom is 0.216 e. The number of aliphatic hydroxyl groups excluding tert-OH is 1. The molecule has 0 radical (unpaired) electrons. The third-order valence-corrected chi connectivity index (χ3v) is 4.79. The van der Waals surface area contributed by atoms with Crippen LogP contribution in [0.15, 0.2) is 12.1 Å². The summed E-state index contributed by atoms with van der Waals surface area (Å²) < 4.78 is 25.4. The predicted molar refractivity (Wildman–Crippen MR) is 61.4 cm³/mol. The van der Waals surface area contributed by atoms with E-state index in [1.54, 1.807) is 11.3 Å². The molecule has 0 saturated carbocycles. The summed E-state index contributed by atoms with van der Waals surface area (Å²) in [6.45, 7) is 3.38. The van der Waals surface area contributed by atoms with Crippen LogP contribution in [-0.4, -0.2) is 25.4 Å². The first-order chi connectivity index (χ1) is 6.95. The largest absolute Gasteiger partial charge is 0.395 e. The van der Waals surface area contributed by atoms with Crippen molar-refractivity contribution in [2.24, 2.45) is 0 Å². The molecule has 1 heterocycles. The van der Waals surface area contributed by atoms with E-state index in [-0.39, 0.29) is 6.61 Å². The summed E-state index contributed by atoms with van der Waals surface area (Å²) in [7, 11) is -3.39. The summed E-state index contributed by atoms with van der Waals surface area (Å²) in [6, 6.07) is 3.84. The van der Waals surface area contributed by atoms with Crippen molar-refractivity contribution in [3.8, 4) is 0 Å². The molecule has 0 aliphatic rings. The van der Waals surface area contributed by atoms with Gasteiger partial charge in [-0.15, -0.1) is 11.3 Å². The van der Waals surface area contributed by atoms with Crippen molar-refractivity contribution in [2.45, 2.75) is 25.6 Å². The summed E-state index contributed by atoms with van der Waals surface area (Å²) in [4.78, 5) is 2.13. The van der Waals surface area contributed by atoms with E-state index in [0.29, 0.717) is 6.54 Å². The highest BCUT2D eigenvalue weighted by atomic mass is 32.2. The van der Waals surface area contributed by atoms with Crippen LogP contribution in [0.1, 0.15) is 16.7 Å². The van der Waals surface area contributed by atoms with E-state index in [4.69, 9.17) is 5.11 Å². The normalized spacial score (nSPS) is 14.1. The van der Waals surface area contributed by atoms with Gasteiger partial charge in [-0.25, -0.2) is 13.1 Å². The maximum atomic E-state index is 11.5. The van der Waals surface area contributed by atoms with Gasteiger partial charge in [0.1, 0.15) is 0 Å². The Morgan fingerprint density at radius 1 is 1.53 bits per heavy atom. The van der Waals surface area contributed by atoms with Crippen LogP contribution in [0.4, 0.5) is 0 Å². The average molecular weight is 249 g/mol. The maximum absolute atomic E-state index is 11.5. The lowest BCUT2D eigenvalue weighted by atomic mass is 10.4. The highest BCUT2D eigenvalue weighted by molar-refractivity contribution is 7.90. The van der Waals surface area contributed by atoms with Gasteiger partial charge in [0.25, 0.3) is 0 Å². The fraction of sp³-hybridized carbons (Fsp3) is 0.556. The molecule has 1 rings (SSSR count). The molecule has 0 amide bonds. The number of nitrogens with one attached hydrogen (secondary N) is 1. The lowest BCUT2D eigenvalue weighted by Gasteiger charge is -2.10. The van der Waals surface area contributed by atoms with E-state index in [2.05, 4.69) is 4.72 Å². The monoisotopic (exact) mass is 249 g/mol. The SMILES string of the molecule is Cc1ccc(CNS(=O)(=O)C(C)CO)s1. The lowest BCUT2D eigenvalue weighted by molar-refractivity contribution is 0.295. The second kappa shape index (κ2) is 5.07. The van der Waals surface area contributed by atoms with Crippen molar-refractivity contribution in [3.63, 3.8) is 0 Å². The lowest BCUT2D eigenvalue weighted by Crippen LogP contribution is -2.34. The molecule has 86 valence electrons. The van der Waals surface area contributed by atoms with Crippen LogP contribution in [-0.2, 0) is 16.6 Å². The van der Waals surface area contributed by atoms with Gasteiger partial charge in [-0.3, -0.25) is 0 Å². The molecular weight excluding hydrogens is 234 g/mol. The van der Waals surface area contributed by atoms with Crippen molar-refractivity contribution in [1.82, 2.24) is 4.72 Å². The van der Waals surface area contributed by atoms with Crippen LogP contribution in [0.5, 0.6) is 0 Å². The molecule has 6 heteroatoms. The number of thiophene rings is 1. The number of rotatable bonds is 5. The van der Waals surface area contributed by atoms with E-state index in [1.165, 1.54) is 6.92 Å². The second-order valence-electron chi connectivity index (χ2n) is 3.37. The van der Waals surface area contributed by atoms with E-state index in [9.17, 15) is 8.42 Å². The summed E-state index contributed by atoms with van der Waals surface area (Å²) in [5.41, 5.74) is 0. The molecule has 15 heavy (non-hydrogen) atoms. The van der Waals surface area contributed by atoms with Crippen molar-refractivity contribution in [1.29, 1.82) is 0 Å². The van der Waals surface area contributed by atoms with Gasteiger partial charge in [-0.05, 0) is 26.0 Å². The Morgan fingerprint density at radius 3 is 2.67 bits per heavy atom. The molecule has 0 spiro atoms. The quantitative estimate of drug-likeness (QED) is 0.813. The van der Waals surface area contributed by atoms with Gasteiger partial charge in [0.15, 0.2) is 0 Å². The Balaban J connectivity index is 2.57. The van der Waals surface area contributed by atoms with Crippen molar-refractivity contribution >= 4 is 21.4 Å². The number of aliphatic hydroxyl groups is 1. The van der Waals surface area contributed by atoms with Gasteiger partial charge < -0.3 is 5.11 Å². The average Bonchev–Trinajstić information content (AvgIpc) is 2.60. The van der Waals surface area contributed by atoms with Gasteiger partial charge in [-0.2, -0.15) is 0 Å². The highest BCUT2D eigenvalue weighted by Crippen LogP contribution is 2.15. The Hall–Kier alpha value is -0.430. The number of hydrogen-bond donors (Lipinski definition) is 2. The van der Waals surface area contributed by atoms with E-state index < -0.39 is 15.3 Å². The molecule has 0 fully saturated rings.